The SMILES string of the molecule is Cc1ccc(C(C)CCN2CCC(CCC(=O)N3CCN(c4ccccc4)CC3)CC2)o1. The van der Waals surface area contributed by atoms with Crippen LogP contribution >= 0.6 is 0 Å². The topological polar surface area (TPSA) is 39.9 Å². The maximum atomic E-state index is 12.8. The average Bonchev–Trinajstić information content (AvgIpc) is 3.28. The number of piperidine rings is 1. The van der Waals surface area contributed by atoms with Gasteiger partial charge in [-0.1, -0.05) is 25.1 Å². The number of piperazine rings is 1. The standard InChI is InChI=1S/C27H39N3O2/c1-22(26-10-8-23(2)32-26)12-15-28-16-13-24(14-17-28)9-11-27(31)30-20-18-29(19-21-30)25-6-4-3-5-7-25/h3-8,10,22,24H,9,11-21H2,1-2H3. The van der Waals surface area contributed by atoms with E-state index < -0.39 is 0 Å². The summed E-state index contributed by atoms with van der Waals surface area (Å²) in [6.07, 6.45) is 5.36. The number of carbonyl (C=O) groups excluding carboxylic acids is 1. The molecule has 2 saturated heterocycles. The summed E-state index contributed by atoms with van der Waals surface area (Å²) in [5.41, 5.74) is 1.26. The van der Waals surface area contributed by atoms with Crippen LogP contribution in [0.1, 0.15) is 56.5 Å². The lowest BCUT2D eigenvalue weighted by atomic mass is 9.91. The van der Waals surface area contributed by atoms with Gasteiger partial charge < -0.3 is 19.1 Å². The highest BCUT2D eigenvalue weighted by Crippen LogP contribution is 2.26. The van der Waals surface area contributed by atoms with Crippen molar-refractivity contribution in [2.24, 2.45) is 5.92 Å². The van der Waals surface area contributed by atoms with Crippen LogP contribution in [0.2, 0.25) is 0 Å². The summed E-state index contributed by atoms with van der Waals surface area (Å²) in [4.78, 5) is 19.8. The molecule has 1 amide bonds. The molecule has 1 unspecified atom stereocenters. The van der Waals surface area contributed by atoms with Crippen LogP contribution in [-0.2, 0) is 4.79 Å². The summed E-state index contributed by atoms with van der Waals surface area (Å²) < 4.78 is 5.78. The molecule has 0 bridgehead atoms. The minimum absolute atomic E-state index is 0.350. The summed E-state index contributed by atoms with van der Waals surface area (Å²) >= 11 is 0. The zero-order chi connectivity index (χ0) is 22.3. The van der Waals surface area contributed by atoms with Gasteiger partial charge in [-0.3, -0.25) is 4.79 Å². The van der Waals surface area contributed by atoms with Crippen molar-refractivity contribution >= 4 is 11.6 Å². The Kier molecular flexibility index (Phi) is 7.90. The minimum atomic E-state index is 0.350. The molecular weight excluding hydrogens is 398 g/mol. The van der Waals surface area contributed by atoms with Crippen LogP contribution in [0.3, 0.4) is 0 Å². The zero-order valence-electron chi connectivity index (χ0n) is 19.8. The summed E-state index contributed by atoms with van der Waals surface area (Å²) in [6, 6.07) is 14.7. The molecule has 0 radical (unpaired) electrons. The molecule has 1 aromatic heterocycles. The van der Waals surface area contributed by atoms with E-state index in [-0.39, 0.29) is 0 Å². The van der Waals surface area contributed by atoms with E-state index in [1.54, 1.807) is 0 Å². The molecule has 1 atom stereocenters. The zero-order valence-corrected chi connectivity index (χ0v) is 19.8. The second-order valence-corrected chi connectivity index (χ2v) is 9.67. The lowest BCUT2D eigenvalue weighted by Crippen LogP contribution is -2.48. The van der Waals surface area contributed by atoms with Gasteiger partial charge in [0.15, 0.2) is 0 Å². The van der Waals surface area contributed by atoms with Crippen molar-refractivity contribution in [3.63, 3.8) is 0 Å². The van der Waals surface area contributed by atoms with Gasteiger partial charge in [-0.2, -0.15) is 0 Å². The Hall–Kier alpha value is -2.27. The number of furan rings is 1. The molecule has 2 aromatic rings. The molecular formula is C27H39N3O2. The van der Waals surface area contributed by atoms with Crippen LogP contribution in [0.4, 0.5) is 5.69 Å². The van der Waals surface area contributed by atoms with Crippen molar-refractivity contribution in [1.29, 1.82) is 0 Å². The maximum absolute atomic E-state index is 12.8. The monoisotopic (exact) mass is 437 g/mol. The number of aryl methyl sites for hydroxylation is 1. The van der Waals surface area contributed by atoms with Gasteiger partial charge in [-0.05, 0) is 82.4 Å². The van der Waals surface area contributed by atoms with Gasteiger partial charge in [0.1, 0.15) is 11.5 Å². The molecule has 3 heterocycles. The lowest BCUT2D eigenvalue weighted by Gasteiger charge is -2.36. The molecule has 0 N–H and O–H groups in total. The summed E-state index contributed by atoms with van der Waals surface area (Å²) in [7, 11) is 0. The van der Waals surface area contributed by atoms with E-state index in [1.165, 1.54) is 31.6 Å². The van der Waals surface area contributed by atoms with Crippen LogP contribution < -0.4 is 4.90 Å². The Morgan fingerprint density at radius 1 is 1.00 bits per heavy atom. The molecule has 5 nitrogen and oxygen atoms in total. The molecule has 4 rings (SSSR count). The third kappa shape index (κ3) is 6.16. The van der Waals surface area contributed by atoms with Crippen molar-refractivity contribution in [2.75, 3.05) is 50.7 Å². The first kappa shape index (κ1) is 22.9. The van der Waals surface area contributed by atoms with E-state index in [0.29, 0.717) is 24.2 Å². The molecule has 0 saturated carbocycles. The summed E-state index contributed by atoms with van der Waals surface area (Å²) in [5.74, 6) is 3.64. The van der Waals surface area contributed by atoms with E-state index in [2.05, 4.69) is 64.1 Å². The van der Waals surface area contributed by atoms with Crippen molar-refractivity contribution < 1.29 is 9.21 Å². The molecule has 0 aliphatic carbocycles. The molecule has 2 aliphatic rings. The second kappa shape index (κ2) is 11.0. The number of benzene rings is 1. The summed E-state index contributed by atoms with van der Waals surface area (Å²) in [6.45, 7) is 11.3. The minimum Gasteiger partial charge on any atom is -0.466 e. The Morgan fingerprint density at radius 3 is 2.38 bits per heavy atom. The molecule has 5 heteroatoms. The highest BCUT2D eigenvalue weighted by atomic mass is 16.3. The third-order valence-corrected chi connectivity index (χ3v) is 7.35. The number of amides is 1. The first-order valence-electron chi connectivity index (χ1n) is 12.4. The van der Waals surface area contributed by atoms with E-state index in [0.717, 1.165) is 57.1 Å². The predicted molar refractivity (Wildman–Crippen MR) is 130 cm³/mol. The van der Waals surface area contributed by atoms with E-state index in [1.807, 2.05) is 6.92 Å². The van der Waals surface area contributed by atoms with Crippen LogP contribution in [-0.4, -0.2) is 61.5 Å². The van der Waals surface area contributed by atoms with Gasteiger partial charge in [0.05, 0.1) is 0 Å². The quantitative estimate of drug-likeness (QED) is 0.588. The number of anilines is 1. The Morgan fingerprint density at radius 2 is 1.72 bits per heavy atom. The molecule has 1 aromatic carbocycles. The molecule has 174 valence electrons. The highest BCUT2D eigenvalue weighted by Gasteiger charge is 2.24. The van der Waals surface area contributed by atoms with Crippen molar-refractivity contribution in [1.82, 2.24) is 9.80 Å². The molecule has 2 aliphatic heterocycles. The fourth-order valence-corrected chi connectivity index (χ4v) is 5.07. The fraction of sp³-hybridized carbons (Fsp3) is 0.593. The van der Waals surface area contributed by atoms with Gasteiger partial charge in [0, 0.05) is 44.2 Å². The van der Waals surface area contributed by atoms with Crippen molar-refractivity contribution in [3.05, 3.63) is 54.0 Å². The molecule has 2 fully saturated rings. The highest BCUT2D eigenvalue weighted by molar-refractivity contribution is 5.76. The lowest BCUT2D eigenvalue weighted by molar-refractivity contribution is -0.131. The maximum Gasteiger partial charge on any atom is 0.222 e. The second-order valence-electron chi connectivity index (χ2n) is 9.67. The smallest absolute Gasteiger partial charge is 0.222 e. The molecule has 0 spiro atoms. The number of nitrogens with zero attached hydrogens (tertiary/aromatic N) is 3. The first-order valence-corrected chi connectivity index (χ1v) is 12.4. The van der Waals surface area contributed by atoms with E-state index >= 15 is 0 Å². The number of carbonyl (C=O) groups is 1. The fourth-order valence-electron chi connectivity index (χ4n) is 5.07. The number of para-hydroxylation sites is 1. The summed E-state index contributed by atoms with van der Waals surface area (Å²) in [5, 5.41) is 0. The first-order chi connectivity index (χ1) is 15.6. The van der Waals surface area contributed by atoms with Crippen LogP contribution in [0.25, 0.3) is 0 Å². The van der Waals surface area contributed by atoms with Crippen molar-refractivity contribution in [3.8, 4) is 0 Å². The third-order valence-electron chi connectivity index (χ3n) is 7.35. The Labute approximate surface area is 193 Å². The van der Waals surface area contributed by atoms with Crippen molar-refractivity contribution in [2.45, 2.75) is 51.9 Å². The average molecular weight is 438 g/mol. The van der Waals surface area contributed by atoms with Crippen LogP contribution in [0, 0.1) is 12.8 Å². The van der Waals surface area contributed by atoms with Gasteiger partial charge in [0.2, 0.25) is 5.91 Å². The Balaban J connectivity index is 1.11. The molecule has 32 heavy (non-hydrogen) atoms. The van der Waals surface area contributed by atoms with Gasteiger partial charge in [-0.15, -0.1) is 0 Å². The number of hydrogen-bond acceptors (Lipinski definition) is 4. The van der Waals surface area contributed by atoms with E-state index in [9.17, 15) is 4.79 Å². The van der Waals surface area contributed by atoms with Crippen LogP contribution in [0.15, 0.2) is 46.9 Å². The number of likely N-dealkylation sites (tertiary alicyclic amines) is 1. The number of hydrogen-bond donors (Lipinski definition) is 0. The predicted octanol–water partition coefficient (Wildman–Crippen LogP) is 4.92. The number of rotatable bonds is 8. The van der Waals surface area contributed by atoms with Crippen LogP contribution in [0.5, 0.6) is 0 Å². The van der Waals surface area contributed by atoms with Gasteiger partial charge >= 0.3 is 0 Å². The Bertz CT molecular complexity index is 834. The van der Waals surface area contributed by atoms with Gasteiger partial charge in [0.25, 0.3) is 0 Å². The normalized spacial score (nSPS) is 19.3. The largest absolute Gasteiger partial charge is 0.466 e. The van der Waals surface area contributed by atoms with E-state index in [4.69, 9.17) is 4.42 Å². The van der Waals surface area contributed by atoms with Gasteiger partial charge in [-0.25, -0.2) is 0 Å².